The van der Waals surface area contributed by atoms with E-state index in [2.05, 4.69) is 27.4 Å². The molecule has 0 aliphatic rings. The molecule has 0 bridgehead atoms. The van der Waals surface area contributed by atoms with Crippen molar-refractivity contribution in [1.82, 2.24) is 20.0 Å². The Labute approximate surface area is 147 Å². The summed E-state index contributed by atoms with van der Waals surface area (Å²) in [5, 5.41) is 7.61. The van der Waals surface area contributed by atoms with Crippen LogP contribution in [0.3, 0.4) is 0 Å². The average molecular weight is 347 g/mol. The van der Waals surface area contributed by atoms with Gasteiger partial charge in [-0.25, -0.2) is 0 Å². The predicted octanol–water partition coefficient (Wildman–Crippen LogP) is 2.64. The first-order chi connectivity index (χ1) is 11.5. The maximum Gasteiger partial charge on any atom is 0.244 e. The molecule has 1 aromatic carbocycles. The van der Waals surface area contributed by atoms with Gasteiger partial charge in [-0.1, -0.05) is 41.9 Å². The third-order valence-electron chi connectivity index (χ3n) is 3.69. The molecule has 1 aromatic heterocycles. The van der Waals surface area contributed by atoms with Gasteiger partial charge in [0.05, 0.1) is 5.69 Å². The highest BCUT2D eigenvalue weighted by molar-refractivity contribution is 6.31. The van der Waals surface area contributed by atoms with E-state index in [1.807, 2.05) is 32.2 Å². The Morgan fingerprint density at radius 1 is 1.38 bits per heavy atom. The Balaban J connectivity index is 1.76. The summed E-state index contributed by atoms with van der Waals surface area (Å²) in [6.07, 6.45) is 3.20. The van der Waals surface area contributed by atoms with E-state index in [1.165, 1.54) is 11.6 Å². The highest BCUT2D eigenvalue weighted by atomic mass is 35.5. The van der Waals surface area contributed by atoms with E-state index >= 15 is 0 Å². The van der Waals surface area contributed by atoms with E-state index in [4.69, 9.17) is 11.6 Å². The molecule has 0 aliphatic carbocycles. The fraction of sp³-hybridized carbons (Fsp3) is 0.333. The van der Waals surface area contributed by atoms with Crippen LogP contribution < -0.4 is 5.32 Å². The molecule has 1 N–H and O–H groups in total. The molecular formula is C18H23ClN4O. The topological polar surface area (TPSA) is 50.2 Å². The third kappa shape index (κ3) is 5.22. The average Bonchev–Trinajstić information content (AvgIpc) is 2.79. The van der Waals surface area contributed by atoms with Crippen molar-refractivity contribution in [3.8, 4) is 0 Å². The van der Waals surface area contributed by atoms with Crippen LogP contribution in [0.5, 0.6) is 0 Å². The van der Waals surface area contributed by atoms with Crippen molar-refractivity contribution in [3.05, 3.63) is 58.4 Å². The van der Waals surface area contributed by atoms with E-state index in [0.717, 1.165) is 24.3 Å². The zero-order chi connectivity index (χ0) is 17.5. The van der Waals surface area contributed by atoms with Crippen molar-refractivity contribution in [2.75, 3.05) is 20.1 Å². The molecule has 24 heavy (non-hydrogen) atoms. The zero-order valence-corrected chi connectivity index (χ0v) is 15.0. The number of nitrogens with one attached hydrogen (secondary N) is 1. The first-order valence-electron chi connectivity index (χ1n) is 7.85. The van der Waals surface area contributed by atoms with Crippen LogP contribution >= 0.6 is 11.6 Å². The first-order valence-corrected chi connectivity index (χ1v) is 8.22. The molecule has 1 heterocycles. The predicted molar refractivity (Wildman–Crippen MR) is 97.8 cm³/mol. The fourth-order valence-corrected chi connectivity index (χ4v) is 2.64. The summed E-state index contributed by atoms with van der Waals surface area (Å²) in [6.45, 7) is 4.09. The number of hydrogen-bond acceptors (Lipinski definition) is 3. The molecule has 128 valence electrons. The number of amides is 1. The summed E-state index contributed by atoms with van der Waals surface area (Å²) in [7, 11) is 3.81. The van der Waals surface area contributed by atoms with Crippen molar-refractivity contribution in [3.63, 3.8) is 0 Å². The molecule has 0 saturated carbocycles. The summed E-state index contributed by atoms with van der Waals surface area (Å²) in [5.41, 5.74) is 2.83. The van der Waals surface area contributed by atoms with E-state index in [9.17, 15) is 4.79 Å². The van der Waals surface area contributed by atoms with E-state index in [1.54, 1.807) is 17.8 Å². The number of rotatable bonds is 7. The van der Waals surface area contributed by atoms with Gasteiger partial charge in [0.1, 0.15) is 5.15 Å². The van der Waals surface area contributed by atoms with Crippen LogP contribution in [0.1, 0.15) is 16.8 Å². The smallest absolute Gasteiger partial charge is 0.244 e. The minimum Gasteiger partial charge on any atom is -0.351 e. The molecule has 2 aromatic rings. The lowest BCUT2D eigenvalue weighted by Gasteiger charge is -2.16. The Hall–Kier alpha value is -2.11. The summed E-state index contributed by atoms with van der Waals surface area (Å²) >= 11 is 6.13. The number of aryl methyl sites for hydroxylation is 2. The van der Waals surface area contributed by atoms with Crippen molar-refractivity contribution >= 4 is 23.6 Å². The molecule has 1 amide bonds. The molecule has 2 rings (SSSR count). The van der Waals surface area contributed by atoms with Gasteiger partial charge in [0.2, 0.25) is 5.91 Å². The van der Waals surface area contributed by atoms with E-state index in [-0.39, 0.29) is 5.91 Å². The number of carbonyl (C=O) groups is 1. The van der Waals surface area contributed by atoms with Gasteiger partial charge in [0.15, 0.2) is 0 Å². The maximum atomic E-state index is 11.9. The van der Waals surface area contributed by atoms with Crippen molar-refractivity contribution in [2.45, 2.75) is 13.5 Å². The highest BCUT2D eigenvalue weighted by Crippen LogP contribution is 2.19. The van der Waals surface area contributed by atoms with E-state index in [0.29, 0.717) is 11.7 Å². The van der Waals surface area contributed by atoms with Crippen LogP contribution in [-0.2, 0) is 18.4 Å². The van der Waals surface area contributed by atoms with Gasteiger partial charge in [-0.15, -0.1) is 0 Å². The maximum absolute atomic E-state index is 11.9. The molecule has 0 aliphatic heterocycles. The lowest BCUT2D eigenvalue weighted by molar-refractivity contribution is -0.116. The third-order valence-corrected chi connectivity index (χ3v) is 4.13. The monoisotopic (exact) mass is 346 g/mol. The van der Waals surface area contributed by atoms with Gasteiger partial charge in [0.25, 0.3) is 0 Å². The molecule has 0 saturated heterocycles. The molecule has 0 fully saturated rings. The standard InChI is InChI=1S/C18H23ClN4O/c1-14-16(18(19)23(3)21-14)9-10-17(24)20-11-12-22(2)13-15-7-5-4-6-8-15/h4-10H,11-13H2,1-3H3,(H,20,24)/b10-9-. The lowest BCUT2D eigenvalue weighted by Crippen LogP contribution is -2.31. The number of benzene rings is 1. The molecule has 5 nitrogen and oxygen atoms in total. The summed E-state index contributed by atoms with van der Waals surface area (Å²) in [5.74, 6) is -0.137. The molecule has 6 heteroatoms. The minimum absolute atomic E-state index is 0.137. The lowest BCUT2D eigenvalue weighted by atomic mass is 10.2. The van der Waals surface area contributed by atoms with Crippen molar-refractivity contribution < 1.29 is 4.79 Å². The quantitative estimate of drug-likeness (QED) is 0.784. The Kier molecular flexibility index (Phi) is 6.58. The van der Waals surface area contributed by atoms with Gasteiger partial charge in [0, 0.05) is 38.3 Å². The molecule has 0 spiro atoms. The Morgan fingerprint density at radius 2 is 2.08 bits per heavy atom. The summed E-state index contributed by atoms with van der Waals surface area (Å²) < 4.78 is 1.59. The van der Waals surface area contributed by atoms with Gasteiger partial charge < -0.3 is 10.2 Å². The highest BCUT2D eigenvalue weighted by Gasteiger charge is 2.08. The number of hydrogen-bond donors (Lipinski definition) is 1. The van der Waals surface area contributed by atoms with E-state index < -0.39 is 0 Å². The van der Waals surface area contributed by atoms with Crippen LogP contribution in [0.4, 0.5) is 0 Å². The van der Waals surface area contributed by atoms with Gasteiger partial charge >= 0.3 is 0 Å². The SMILES string of the molecule is Cc1nn(C)c(Cl)c1/C=C\C(=O)NCCN(C)Cc1ccccc1. The zero-order valence-electron chi connectivity index (χ0n) is 14.3. The second-order valence-corrected chi connectivity index (χ2v) is 6.12. The van der Waals surface area contributed by atoms with Gasteiger partial charge in [-0.3, -0.25) is 9.48 Å². The van der Waals surface area contributed by atoms with Crippen LogP contribution in [-0.4, -0.2) is 40.7 Å². The van der Waals surface area contributed by atoms with Crippen molar-refractivity contribution in [2.24, 2.45) is 7.05 Å². The number of halogens is 1. The second kappa shape index (κ2) is 8.66. The van der Waals surface area contributed by atoms with Crippen LogP contribution in [0.15, 0.2) is 36.4 Å². The number of likely N-dealkylation sites (N-methyl/N-ethyl adjacent to an activating group) is 1. The largest absolute Gasteiger partial charge is 0.351 e. The first kappa shape index (κ1) is 18.2. The van der Waals surface area contributed by atoms with Crippen LogP contribution in [0.2, 0.25) is 5.15 Å². The Morgan fingerprint density at radius 3 is 2.71 bits per heavy atom. The normalized spacial score (nSPS) is 11.4. The molecule has 0 radical (unpaired) electrons. The number of aromatic nitrogens is 2. The Bertz CT molecular complexity index is 709. The number of nitrogens with zero attached hydrogens (tertiary/aromatic N) is 3. The van der Waals surface area contributed by atoms with Gasteiger partial charge in [-0.05, 0) is 25.6 Å². The minimum atomic E-state index is -0.137. The fourth-order valence-electron chi connectivity index (χ4n) is 2.40. The van der Waals surface area contributed by atoms with Gasteiger partial charge in [-0.2, -0.15) is 5.10 Å². The second-order valence-electron chi connectivity index (χ2n) is 5.76. The molecule has 0 unspecified atom stereocenters. The summed E-state index contributed by atoms with van der Waals surface area (Å²) in [6, 6.07) is 10.3. The van der Waals surface area contributed by atoms with Crippen LogP contribution in [0.25, 0.3) is 6.08 Å². The van der Waals surface area contributed by atoms with Crippen LogP contribution in [0, 0.1) is 6.92 Å². The number of carbonyl (C=O) groups excluding carboxylic acids is 1. The molecular weight excluding hydrogens is 324 g/mol. The summed E-state index contributed by atoms with van der Waals surface area (Å²) in [4.78, 5) is 14.1. The molecule has 0 atom stereocenters. The van der Waals surface area contributed by atoms with Crippen molar-refractivity contribution in [1.29, 1.82) is 0 Å².